The minimum absolute atomic E-state index is 0.0415. The van der Waals surface area contributed by atoms with Crippen molar-refractivity contribution in [2.75, 3.05) is 26.8 Å². The number of carbonyl (C=O) groups is 2. The lowest BCUT2D eigenvalue weighted by Gasteiger charge is -2.35. The third-order valence-electron chi connectivity index (χ3n) is 3.98. The highest BCUT2D eigenvalue weighted by molar-refractivity contribution is 5.83. The summed E-state index contributed by atoms with van der Waals surface area (Å²) in [5.41, 5.74) is 0. The summed E-state index contributed by atoms with van der Waals surface area (Å²) in [6.45, 7) is 4.87. The Bertz CT molecular complexity index is 359. The number of methoxy groups -OCH3 is 1. The molecule has 1 aliphatic rings. The van der Waals surface area contributed by atoms with Gasteiger partial charge >= 0.3 is 12.0 Å². The average Bonchev–Trinajstić information content (AvgIpc) is 2.85. The average molecular weight is 302 g/mol. The van der Waals surface area contributed by atoms with Gasteiger partial charge in [-0.2, -0.15) is 0 Å². The van der Waals surface area contributed by atoms with Crippen LogP contribution in [0.4, 0.5) is 4.79 Å². The molecule has 21 heavy (non-hydrogen) atoms. The number of hydrogen-bond donors (Lipinski definition) is 2. The first-order valence-electron chi connectivity index (χ1n) is 7.43. The molecule has 1 heterocycles. The van der Waals surface area contributed by atoms with Gasteiger partial charge in [-0.3, -0.25) is 0 Å². The zero-order valence-corrected chi connectivity index (χ0v) is 13.0. The van der Waals surface area contributed by atoms with Crippen LogP contribution in [0.25, 0.3) is 0 Å². The second-order valence-corrected chi connectivity index (χ2v) is 5.34. The predicted octanol–water partition coefficient (Wildman–Crippen LogP) is 0.763. The van der Waals surface area contributed by atoms with Crippen LogP contribution in [0.15, 0.2) is 0 Å². The minimum Gasteiger partial charge on any atom is -0.480 e. The van der Waals surface area contributed by atoms with E-state index in [1.165, 1.54) is 4.90 Å². The first kappa shape index (κ1) is 17.7. The van der Waals surface area contributed by atoms with E-state index >= 15 is 0 Å². The highest BCUT2D eigenvalue weighted by Gasteiger charge is 2.41. The predicted molar refractivity (Wildman–Crippen MR) is 77.1 cm³/mol. The number of amides is 2. The Kier molecular flexibility index (Phi) is 6.91. The molecule has 0 aliphatic carbocycles. The van der Waals surface area contributed by atoms with Crippen LogP contribution in [0.3, 0.4) is 0 Å². The van der Waals surface area contributed by atoms with Gasteiger partial charge in [-0.1, -0.05) is 13.8 Å². The maximum atomic E-state index is 12.7. The van der Waals surface area contributed by atoms with Crippen molar-refractivity contribution in [1.29, 1.82) is 0 Å². The van der Waals surface area contributed by atoms with E-state index in [0.717, 1.165) is 12.8 Å². The summed E-state index contributed by atoms with van der Waals surface area (Å²) in [5, 5.41) is 18.9. The zero-order valence-electron chi connectivity index (χ0n) is 13.0. The second-order valence-electron chi connectivity index (χ2n) is 5.34. The first-order valence-corrected chi connectivity index (χ1v) is 7.43. The van der Waals surface area contributed by atoms with Gasteiger partial charge < -0.3 is 24.7 Å². The molecular weight excluding hydrogens is 276 g/mol. The molecule has 1 rings (SSSR count). The second kappa shape index (κ2) is 8.19. The van der Waals surface area contributed by atoms with Gasteiger partial charge in [0.15, 0.2) is 0 Å². The van der Waals surface area contributed by atoms with E-state index < -0.39 is 18.1 Å². The minimum atomic E-state index is -1.07. The van der Waals surface area contributed by atoms with Crippen molar-refractivity contribution >= 4 is 12.0 Å². The van der Waals surface area contributed by atoms with E-state index in [2.05, 4.69) is 0 Å². The van der Waals surface area contributed by atoms with E-state index in [-0.39, 0.29) is 25.0 Å². The van der Waals surface area contributed by atoms with Gasteiger partial charge in [-0.25, -0.2) is 9.59 Å². The molecule has 1 saturated heterocycles. The third-order valence-corrected chi connectivity index (χ3v) is 3.98. The van der Waals surface area contributed by atoms with Crippen LogP contribution < -0.4 is 0 Å². The van der Waals surface area contributed by atoms with E-state index in [1.54, 1.807) is 12.0 Å². The molecule has 0 aromatic rings. The maximum absolute atomic E-state index is 12.7. The van der Waals surface area contributed by atoms with Gasteiger partial charge in [0.25, 0.3) is 0 Å². The number of urea groups is 1. The number of rotatable bonds is 7. The Morgan fingerprint density at radius 2 is 2.00 bits per heavy atom. The number of carbonyl (C=O) groups excluding carboxylic acids is 1. The smallest absolute Gasteiger partial charge is 0.326 e. The first-order chi connectivity index (χ1) is 9.96. The lowest BCUT2D eigenvalue weighted by molar-refractivity contribution is -0.141. The van der Waals surface area contributed by atoms with Crippen molar-refractivity contribution in [3.8, 4) is 0 Å². The molecule has 1 aliphatic heterocycles. The Hall–Kier alpha value is -1.34. The summed E-state index contributed by atoms with van der Waals surface area (Å²) in [7, 11) is 1.56. The molecule has 7 nitrogen and oxygen atoms in total. The number of nitrogens with zero attached hydrogens (tertiary/aromatic N) is 2. The van der Waals surface area contributed by atoms with E-state index in [4.69, 9.17) is 4.74 Å². The van der Waals surface area contributed by atoms with Crippen LogP contribution in [0.2, 0.25) is 0 Å². The van der Waals surface area contributed by atoms with Crippen molar-refractivity contribution in [3.05, 3.63) is 0 Å². The van der Waals surface area contributed by atoms with Crippen LogP contribution in [0.1, 0.15) is 33.1 Å². The molecule has 2 atom stereocenters. The number of aliphatic hydroxyl groups excluding tert-OH is 1. The molecular formula is C14H26N2O5. The van der Waals surface area contributed by atoms with E-state index in [1.807, 2.05) is 13.8 Å². The van der Waals surface area contributed by atoms with Crippen LogP contribution in [0, 0.1) is 0 Å². The number of aliphatic carboxylic acids is 1. The molecule has 0 aromatic heterocycles. The number of hydrogen-bond acceptors (Lipinski definition) is 4. The summed E-state index contributed by atoms with van der Waals surface area (Å²) >= 11 is 0. The Morgan fingerprint density at radius 3 is 2.48 bits per heavy atom. The fraction of sp³-hybridized carbons (Fsp3) is 0.857. The van der Waals surface area contributed by atoms with Crippen LogP contribution in [-0.4, -0.2) is 77.0 Å². The molecule has 7 heteroatoms. The standard InChI is InChI=1S/C14H26N2O5/c1-4-10(5-2)15(6-7-21-3)14(20)16-9-11(17)8-12(16)13(18)19/h10-12,17H,4-9H2,1-3H3,(H,18,19)/t11?,12-/m0/s1. The summed E-state index contributed by atoms with van der Waals surface area (Å²) in [6, 6.07) is -1.24. The number of likely N-dealkylation sites (tertiary alicyclic amines) is 1. The van der Waals surface area contributed by atoms with Crippen molar-refractivity contribution in [1.82, 2.24) is 9.80 Å². The fourth-order valence-electron chi connectivity index (χ4n) is 2.78. The van der Waals surface area contributed by atoms with Crippen molar-refractivity contribution < 1.29 is 24.5 Å². The molecule has 0 spiro atoms. The number of carboxylic acid groups (broad SMARTS) is 1. The lowest BCUT2D eigenvalue weighted by Crippen LogP contribution is -2.52. The molecule has 0 aromatic carbocycles. The SMILES string of the molecule is CCC(CC)N(CCOC)C(=O)N1CC(O)C[C@H]1C(=O)O. The zero-order chi connectivity index (χ0) is 16.0. The summed E-state index contributed by atoms with van der Waals surface area (Å²) < 4.78 is 5.04. The van der Waals surface area contributed by atoms with Gasteiger partial charge in [0.1, 0.15) is 6.04 Å². The summed E-state index contributed by atoms with van der Waals surface area (Å²) in [6.07, 6.45) is 0.892. The van der Waals surface area contributed by atoms with Crippen LogP contribution in [-0.2, 0) is 9.53 Å². The van der Waals surface area contributed by atoms with Crippen molar-refractivity contribution in [3.63, 3.8) is 0 Å². The number of aliphatic hydroxyl groups is 1. The molecule has 122 valence electrons. The Labute approximate surface area is 125 Å². The van der Waals surface area contributed by atoms with E-state index in [0.29, 0.717) is 13.2 Å². The highest BCUT2D eigenvalue weighted by atomic mass is 16.5. The number of ether oxygens (including phenoxy) is 1. The van der Waals surface area contributed by atoms with Crippen LogP contribution >= 0.6 is 0 Å². The van der Waals surface area contributed by atoms with Crippen LogP contribution in [0.5, 0.6) is 0 Å². The van der Waals surface area contributed by atoms with Crippen molar-refractivity contribution in [2.45, 2.75) is 51.3 Å². The quantitative estimate of drug-likeness (QED) is 0.724. The van der Waals surface area contributed by atoms with E-state index in [9.17, 15) is 19.8 Å². The summed E-state index contributed by atoms with van der Waals surface area (Å²) in [5.74, 6) is -1.07. The molecule has 1 unspecified atom stereocenters. The molecule has 2 N–H and O–H groups in total. The number of carboxylic acids is 1. The molecule has 0 radical (unpaired) electrons. The largest absolute Gasteiger partial charge is 0.480 e. The summed E-state index contributed by atoms with van der Waals surface area (Å²) in [4.78, 5) is 26.9. The van der Waals surface area contributed by atoms with Crippen molar-refractivity contribution in [2.24, 2.45) is 0 Å². The number of β-amino-alcohol motifs (C(OH)–C–C–N with tert-alkyl or cyclic N) is 1. The van der Waals surface area contributed by atoms with Gasteiger partial charge in [-0.05, 0) is 12.8 Å². The molecule has 1 fully saturated rings. The van der Waals surface area contributed by atoms with Gasteiger partial charge in [0.05, 0.1) is 12.7 Å². The Balaban J connectivity index is 2.89. The maximum Gasteiger partial charge on any atom is 0.326 e. The third kappa shape index (κ3) is 4.31. The monoisotopic (exact) mass is 302 g/mol. The molecule has 2 amide bonds. The fourth-order valence-corrected chi connectivity index (χ4v) is 2.78. The van der Waals surface area contributed by atoms with Gasteiger partial charge in [0, 0.05) is 32.7 Å². The highest BCUT2D eigenvalue weighted by Crippen LogP contribution is 2.22. The van der Waals surface area contributed by atoms with Gasteiger partial charge in [0.2, 0.25) is 0 Å². The Morgan fingerprint density at radius 1 is 1.38 bits per heavy atom. The normalized spacial score (nSPS) is 21.9. The topological polar surface area (TPSA) is 90.3 Å². The lowest BCUT2D eigenvalue weighted by atomic mass is 10.1. The van der Waals surface area contributed by atoms with Gasteiger partial charge in [-0.15, -0.1) is 0 Å². The molecule has 0 saturated carbocycles. The molecule has 0 bridgehead atoms.